The molecule has 0 radical (unpaired) electrons. The molecule has 1 heterocycles. The molecule has 21 heavy (non-hydrogen) atoms. The average molecular weight is 312 g/mol. The third kappa shape index (κ3) is 4.69. The van der Waals surface area contributed by atoms with Crippen LogP contribution in [0.3, 0.4) is 0 Å². The predicted molar refractivity (Wildman–Crippen MR) is 83.0 cm³/mol. The van der Waals surface area contributed by atoms with Crippen LogP contribution in [0.1, 0.15) is 26.7 Å². The number of sulfonamides is 1. The topological polar surface area (TPSA) is 67.4 Å². The Kier molecular flexibility index (Phi) is 5.61. The Hall–Kier alpha value is -1.11. The molecule has 2 N–H and O–H groups in total. The Morgan fingerprint density at radius 2 is 2.14 bits per heavy atom. The van der Waals surface area contributed by atoms with Crippen molar-refractivity contribution in [3.05, 3.63) is 24.3 Å². The molecule has 6 heteroatoms. The number of benzene rings is 1. The lowest BCUT2D eigenvalue weighted by Gasteiger charge is -2.15. The van der Waals surface area contributed by atoms with Gasteiger partial charge in [0, 0.05) is 6.04 Å². The minimum absolute atomic E-state index is 0.146. The highest BCUT2D eigenvalue weighted by Gasteiger charge is 2.20. The van der Waals surface area contributed by atoms with E-state index in [9.17, 15) is 8.42 Å². The summed E-state index contributed by atoms with van der Waals surface area (Å²) >= 11 is 0. The molecule has 0 bridgehead atoms. The summed E-state index contributed by atoms with van der Waals surface area (Å²) in [7, 11) is -3.53. The van der Waals surface area contributed by atoms with Crippen molar-refractivity contribution in [2.75, 3.05) is 19.7 Å². The van der Waals surface area contributed by atoms with Gasteiger partial charge in [0.25, 0.3) is 0 Å². The smallest absolute Gasteiger partial charge is 0.244 e. The molecule has 2 rings (SSSR count). The van der Waals surface area contributed by atoms with Gasteiger partial charge in [-0.3, -0.25) is 0 Å². The van der Waals surface area contributed by atoms with Gasteiger partial charge in [-0.1, -0.05) is 12.1 Å². The molecule has 1 aliphatic rings. The lowest BCUT2D eigenvalue weighted by Crippen LogP contribution is -2.30. The van der Waals surface area contributed by atoms with Crippen LogP contribution in [0.15, 0.2) is 29.2 Å². The first-order valence-corrected chi connectivity index (χ1v) is 8.92. The molecular formula is C15H24N2O3S. The van der Waals surface area contributed by atoms with Crippen molar-refractivity contribution in [1.29, 1.82) is 0 Å². The van der Waals surface area contributed by atoms with Crippen LogP contribution < -0.4 is 14.8 Å². The zero-order valence-electron chi connectivity index (χ0n) is 12.6. The van der Waals surface area contributed by atoms with Crippen molar-refractivity contribution in [1.82, 2.24) is 10.0 Å². The largest absolute Gasteiger partial charge is 0.492 e. The maximum absolute atomic E-state index is 12.3. The summed E-state index contributed by atoms with van der Waals surface area (Å²) in [6, 6.07) is 6.65. The van der Waals surface area contributed by atoms with Crippen LogP contribution >= 0.6 is 0 Å². The van der Waals surface area contributed by atoms with Gasteiger partial charge < -0.3 is 10.1 Å². The van der Waals surface area contributed by atoms with E-state index in [1.165, 1.54) is 0 Å². The molecular weight excluding hydrogens is 288 g/mol. The quantitative estimate of drug-likeness (QED) is 0.805. The van der Waals surface area contributed by atoms with Crippen LogP contribution in [0.4, 0.5) is 0 Å². The highest BCUT2D eigenvalue weighted by atomic mass is 32.2. The summed E-state index contributed by atoms with van der Waals surface area (Å²) in [4.78, 5) is 0.211. The van der Waals surface area contributed by atoms with Crippen LogP contribution in [0.2, 0.25) is 0 Å². The number of rotatable bonds is 7. The zero-order valence-corrected chi connectivity index (χ0v) is 13.4. The minimum Gasteiger partial charge on any atom is -0.492 e. The molecule has 5 nitrogen and oxygen atoms in total. The van der Waals surface area contributed by atoms with Crippen LogP contribution in [0.25, 0.3) is 0 Å². The number of hydrogen-bond donors (Lipinski definition) is 2. The number of nitrogens with one attached hydrogen (secondary N) is 2. The molecule has 1 aromatic rings. The Labute approximate surface area is 127 Å². The van der Waals surface area contributed by atoms with E-state index in [0.29, 0.717) is 18.3 Å². The molecule has 1 atom stereocenters. The van der Waals surface area contributed by atoms with E-state index in [1.807, 2.05) is 0 Å². The summed E-state index contributed by atoms with van der Waals surface area (Å²) in [5.41, 5.74) is 0. The Morgan fingerprint density at radius 3 is 2.81 bits per heavy atom. The fourth-order valence-electron chi connectivity index (χ4n) is 2.46. The van der Waals surface area contributed by atoms with Crippen molar-refractivity contribution < 1.29 is 13.2 Å². The van der Waals surface area contributed by atoms with Crippen LogP contribution in [0.5, 0.6) is 5.75 Å². The van der Waals surface area contributed by atoms with Gasteiger partial charge in [-0.05, 0) is 57.8 Å². The molecule has 1 aromatic carbocycles. The lowest BCUT2D eigenvalue weighted by molar-refractivity contribution is 0.277. The van der Waals surface area contributed by atoms with Gasteiger partial charge >= 0.3 is 0 Å². The van der Waals surface area contributed by atoms with Crippen LogP contribution in [0, 0.1) is 5.92 Å². The van der Waals surface area contributed by atoms with Gasteiger partial charge in [0.15, 0.2) is 0 Å². The summed E-state index contributed by atoms with van der Waals surface area (Å²) in [6.07, 6.45) is 2.11. The Bertz CT molecular complexity index is 552. The summed E-state index contributed by atoms with van der Waals surface area (Å²) in [6.45, 7) is 6.23. The molecule has 0 aromatic heterocycles. The van der Waals surface area contributed by atoms with Crippen LogP contribution in [-0.4, -0.2) is 34.2 Å². The van der Waals surface area contributed by atoms with Crippen molar-refractivity contribution in [2.45, 2.75) is 37.6 Å². The molecule has 1 unspecified atom stereocenters. The van der Waals surface area contributed by atoms with Gasteiger partial charge in [-0.15, -0.1) is 0 Å². The molecule has 118 valence electrons. The average Bonchev–Trinajstić information content (AvgIpc) is 2.91. The fourth-order valence-corrected chi connectivity index (χ4v) is 3.86. The van der Waals surface area contributed by atoms with E-state index in [1.54, 1.807) is 38.1 Å². The standard InChI is InChI=1S/C15H24N2O3S/c1-12(2)17-21(18,19)15-6-4-3-5-14(15)20-10-8-13-7-9-16-11-13/h3-6,12-13,16-17H,7-11H2,1-2H3. The first-order valence-electron chi connectivity index (χ1n) is 7.44. The van der Waals surface area contributed by atoms with E-state index in [4.69, 9.17) is 4.74 Å². The SMILES string of the molecule is CC(C)NS(=O)(=O)c1ccccc1OCCC1CCNC1. The number of para-hydroxylation sites is 1. The van der Waals surface area contributed by atoms with Gasteiger partial charge in [0.05, 0.1) is 6.61 Å². The molecule has 0 amide bonds. The second-order valence-corrected chi connectivity index (χ2v) is 7.40. The first kappa shape index (κ1) is 16.3. The second kappa shape index (κ2) is 7.24. The lowest BCUT2D eigenvalue weighted by atomic mass is 10.1. The van der Waals surface area contributed by atoms with E-state index in [-0.39, 0.29) is 10.9 Å². The van der Waals surface area contributed by atoms with Crippen molar-refractivity contribution in [3.63, 3.8) is 0 Å². The fraction of sp³-hybridized carbons (Fsp3) is 0.600. The Balaban J connectivity index is 2.02. The van der Waals surface area contributed by atoms with Gasteiger partial charge in [-0.25, -0.2) is 13.1 Å². The maximum atomic E-state index is 12.3. The van der Waals surface area contributed by atoms with Gasteiger partial charge in [0.1, 0.15) is 10.6 Å². The predicted octanol–water partition coefficient (Wildman–Crippen LogP) is 1.75. The van der Waals surface area contributed by atoms with E-state index < -0.39 is 10.0 Å². The Morgan fingerprint density at radius 1 is 1.38 bits per heavy atom. The summed E-state index contributed by atoms with van der Waals surface area (Å²) in [5.74, 6) is 1.05. The van der Waals surface area contributed by atoms with Crippen molar-refractivity contribution in [2.24, 2.45) is 5.92 Å². The molecule has 1 fully saturated rings. The molecule has 0 aliphatic carbocycles. The summed E-state index contributed by atoms with van der Waals surface area (Å²) in [5, 5.41) is 3.32. The van der Waals surface area contributed by atoms with E-state index in [2.05, 4.69) is 10.0 Å². The van der Waals surface area contributed by atoms with Gasteiger partial charge in [0.2, 0.25) is 10.0 Å². The van der Waals surface area contributed by atoms with E-state index >= 15 is 0 Å². The monoisotopic (exact) mass is 312 g/mol. The maximum Gasteiger partial charge on any atom is 0.244 e. The van der Waals surface area contributed by atoms with Gasteiger partial charge in [-0.2, -0.15) is 0 Å². The highest BCUT2D eigenvalue weighted by Crippen LogP contribution is 2.24. The third-order valence-corrected chi connectivity index (χ3v) is 5.17. The normalized spacial score (nSPS) is 19.1. The number of ether oxygens (including phenoxy) is 1. The first-order chi connectivity index (χ1) is 9.99. The molecule has 0 spiro atoms. The highest BCUT2D eigenvalue weighted by molar-refractivity contribution is 7.89. The molecule has 0 saturated carbocycles. The number of hydrogen-bond acceptors (Lipinski definition) is 4. The zero-order chi connectivity index (χ0) is 15.3. The van der Waals surface area contributed by atoms with Crippen molar-refractivity contribution >= 4 is 10.0 Å². The second-order valence-electron chi connectivity index (χ2n) is 5.72. The third-order valence-electron chi connectivity index (χ3n) is 3.48. The van der Waals surface area contributed by atoms with Crippen LogP contribution in [-0.2, 0) is 10.0 Å². The van der Waals surface area contributed by atoms with E-state index in [0.717, 1.165) is 25.9 Å². The molecule has 1 saturated heterocycles. The van der Waals surface area contributed by atoms with Crippen molar-refractivity contribution in [3.8, 4) is 5.75 Å². The molecule has 1 aliphatic heterocycles. The summed E-state index contributed by atoms with van der Waals surface area (Å²) < 4.78 is 32.9. The minimum atomic E-state index is -3.53.